The Labute approximate surface area is 149 Å². The fraction of sp³-hybridized carbons (Fsp3) is 0.364. The van der Waals surface area contributed by atoms with Crippen LogP contribution in [0.3, 0.4) is 0 Å². The summed E-state index contributed by atoms with van der Waals surface area (Å²) < 4.78 is 1.34. The van der Waals surface area contributed by atoms with Gasteiger partial charge in [-0.1, -0.05) is 65.8 Å². The van der Waals surface area contributed by atoms with E-state index in [-0.39, 0.29) is 10.8 Å². The van der Waals surface area contributed by atoms with Gasteiger partial charge in [0.15, 0.2) is 0 Å². The van der Waals surface area contributed by atoms with Crippen molar-refractivity contribution in [3.63, 3.8) is 0 Å². The van der Waals surface area contributed by atoms with Gasteiger partial charge in [0.2, 0.25) is 0 Å². The van der Waals surface area contributed by atoms with Crippen LogP contribution in [0, 0.1) is 0 Å². The van der Waals surface area contributed by atoms with E-state index in [1.165, 1.54) is 26.2 Å². The maximum Gasteiger partial charge on any atom is 0.0939 e. The fourth-order valence-corrected chi connectivity index (χ4v) is 3.98. The number of rotatable bonds is 2. The van der Waals surface area contributed by atoms with Crippen LogP contribution in [0.15, 0.2) is 48.5 Å². The first-order valence-electron chi connectivity index (χ1n) is 8.55. The molecule has 0 aliphatic carbocycles. The van der Waals surface area contributed by atoms with Crippen LogP contribution < -0.4 is 5.32 Å². The summed E-state index contributed by atoms with van der Waals surface area (Å²) in [4.78, 5) is 0. The fourth-order valence-electron chi connectivity index (χ4n) is 2.97. The number of thiophene rings is 1. The molecule has 1 heterocycles. The highest BCUT2D eigenvalue weighted by Crippen LogP contribution is 2.38. The first-order chi connectivity index (χ1) is 11.1. The van der Waals surface area contributed by atoms with E-state index >= 15 is 0 Å². The Morgan fingerprint density at radius 3 is 2.04 bits per heavy atom. The summed E-state index contributed by atoms with van der Waals surface area (Å²) >= 11 is 1.82. The van der Waals surface area contributed by atoms with Crippen molar-refractivity contribution in [2.45, 2.75) is 52.4 Å². The van der Waals surface area contributed by atoms with Gasteiger partial charge in [0.25, 0.3) is 0 Å². The summed E-state index contributed by atoms with van der Waals surface area (Å²) in [6.07, 6.45) is 0. The predicted molar refractivity (Wildman–Crippen MR) is 109 cm³/mol. The van der Waals surface area contributed by atoms with Gasteiger partial charge in [0, 0.05) is 10.4 Å². The summed E-state index contributed by atoms with van der Waals surface area (Å²) in [5.74, 6) is 0. The molecule has 1 aromatic heterocycles. The van der Waals surface area contributed by atoms with Crippen molar-refractivity contribution in [1.29, 1.82) is 0 Å². The van der Waals surface area contributed by atoms with Crippen LogP contribution in [0.2, 0.25) is 0 Å². The molecular formula is C22H27NS. The third kappa shape index (κ3) is 3.49. The van der Waals surface area contributed by atoms with Gasteiger partial charge in [-0.2, -0.15) is 0 Å². The second-order valence-electron chi connectivity index (χ2n) is 8.53. The van der Waals surface area contributed by atoms with Crippen LogP contribution in [0.25, 0.3) is 10.1 Å². The van der Waals surface area contributed by atoms with Crippen molar-refractivity contribution in [2.24, 2.45) is 0 Å². The second-order valence-corrected chi connectivity index (χ2v) is 9.61. The maximum atomic E-state index is 3.57. The molecule has 3 rings (SSSR count). The normalized spacial score (nSPS) is 12.6. The Balaban J connectivity index is 1.91. The second kappa shape index (κ2) is 5.93. The molecule has 0 radical (unpaired) electrons. The van der Waals surface area contributed by atoms with Gasteiger partial charge in [-0.05, 0) is 51.6 Å². The molecule has 0 fully saturated rings. The summed E-state index contributed by atoms with van der Waals surface area (Å²) in [6.45, 7) is 13.6. The van der Waals surface area contributed by atoms with Crippen LogP contribution >= 0.6 is 11.3 Å². The topological polar surface area (TPSA) is 12.0 Å². The molecule has 0 saturated heterocycles. The molecule has 0 aliphatic rings. The summed E-state index contributed by atoms with van der Waals surface area (Å²) in [5.41, 5.74) is 4.27. The molecule has 0 bridgehead atoms. The first-order valence-corrected chi connectivity index (χ1v) is 9.37. The van der Waals surface area contributed by atoms with E-state index in [1.807, 2.05) is 11.3 Å². The van der Waals surface area contributed by atoms with Crippen LogP contribution in [0.1, 0.15) is 52.7 Å². The standard InChI is InChI=1S/C22H27NS/c1-21(2,3)15-10-12-16(13-11-15)23-20-14-17-18(22(4,5)6)8-7-9-19(17)24-20/h7-14,23H,1-6H3. The van der Waals surface area contributed by atoms with E-state index < -0.39 is 0 Å². The molecule has 1 N–H and O–H groups in total. The van der Waals surface area contributed by atoms with Crippen LogP contribution in [0.5, 0.6) is 0 Å². The van der Waals surface area contributed by atoms with Gasteiger partial charge in [0.1, 0.15) is 0 Å². The lowest BCUT2D eigenvalue weighted by molar-refractivity contribution is 0.590. The van der Waals surface area contributed by atoms with Gasteiger partial charge in [-0.15, -0.1) is 11.3 Å². The molecule has 1 nitrogen and oxygen atoms in total. The Hall–Kier alpha value is -1.80. The summed E-state index contributed by atoms with van der Waals surface area (Å²) in [5, 5.41) is 6.13. The highest BCUT2D eigenvalue weighted by molar-refractivity contribution is 7.22. The SMILES string of the molecule is CC(C)(C)c1ccc(Nc2cc3c(C(C)(C)C)cccc3s2)cc1. The van der Waals surface area contributed by atoms with E-state index in [0.29, 0.717) is 0 Å². The lowest BCUT2D eigenvalue weighted by Gasteiger charge is -2.20. The number of nitrogens with one attached hydrogen (secondary N) is 1. The van der Waals surface area contributed by atoms with Crippen molar-refractivity contribution in [1.82, 2.24) is 0 Å². The number of fused-ring (bicyclic) bond motifs is 1. The van der Waals surface area contributed by atoms with E-state index in [1.54, 1.807) is 0 Å². The zero-order valence-corrected chi connectivity index (χ0v) is 16.3. The molecule has 0 spiro atoms. The molecule has 0 unspecified atom stereocenters. The van der Waals surface area contributed by atoms with Gasteiger partial charge in [-0.3, -0.25) is 0 Å². The Morgan fingerprint density at radius 2 is 1.46 bits per heavy atom. The van der Waals surface area contributed by atoms with Gasteiger partial charge in [0.05, 0.1) is 5.00 Å². The predicted octanol–water partition coefficient (Wildman–Crippen LogP) is 7.24. The van der Waals surface area contributed by atoms with Gasteiger partial charge >= 0.3 is 0 Å². The zero-order chi connectivity index (χ0) is 17.5. The molecule has 0 aliphatic heterocycles. The third-order valence-electron chi connectivity index (χ3n) is 4.39. The van der Waals surface area contributed by atoms with Crippen LogP contribution in [-0.2, 0) is 10.8 Å². The number of hydrogen-bond donors (Lipinski definition) is 1. The van der Waals surface area contributed by atoms with Crippen molar-refractivity contribution in [3.8, 4) is 0 Å². The molecule has 0 atom stereocenters. The largest absolute Gasteiger partial charge is 0.347 e. The highest BCUT2D eigenvalue weighted by Gasteiger charge is 2.18. The Kier molecular flexibility index (Phi) is 4.21. The van der Waals surface area contributed by atoms with E-state index in [9.17, 15) is 0 Å². The van der Waals surface area contributed by atoms with Crippen molar-refractivity contribution < 1.29 is 0 Å². The Bertz CT molecular complexity index is 842. The average molecular weight is 338 g/mol. The van der Waals surface area contributed by atoms with Gasteiger partial charge < -0.3 is 5.32 Å². The van der Waals surface area contributed by atoms with Gasteiger partial charge in [-0.25, -0.2) is 0 Å². The van der Waals surface area contributed by atoms with Crippen LogP contribution in [0.4, 0.5) is 10.7 Å². The number of anilines is 2. The van der Waals surface area contributed by atoms with Crippen LogP contribution in [-0.4, -0.2) is 0 Å². The zero-order valence-electron chi connectivity index (χ0n) is 15.5. The molecule has 2 aromatic carbocycles. The first kappa shape index (κ1) is 17.0. The maximum absolute atomic E-state index is 3.57. The minimum atomic E-state index is 0.159. The van der Waals surface area contributed by atoms with E-state index in [0.717, 1.165) is 5.69 Å². The van der Waals surface area contributed by atoms with Crippen molar-refractivity contribution in [2.75, 3.05) is 5.32 Å². The third-order valence-corrected chi connectivity index (χ3v) is 5.40. The lowest BCUT2D eigenvalue weighted by Crippen LogP contribution is -2.10. The summed E-state index contributed by atoms with van der Waals surface area (Å²) in [7, 11) is 0. The molecule has 2 heteroatoms. The lowest BCUT2D eigenvalue weighted by atomic mass is 9.85. The smallest absolute Gasteiger partial charge is 0.0939 e. The Morgan fingerprint density at radius 1 is 0.792 bits per heavy atom. The molecule has 0 saturated carbocycles. The molecular weight excluding hydrogens is 310 g/mol. The highest BCUT2D eigenvalue weighted by atomic mass is 32.1. The quantitative estimate of drug-likeness (QED) is 0.519. The minimum absolute atomic E-state index is 0.159. The molecule has 3 aromatic rings. The molecule has 126 valence electrons. The minimum Gasteiger partial charge on any atom is -0.347 e. The van der Waals surface area contributed by atoms with E-state index in [2.05, 4.69) is 95.4 Å². The monoisotopic (exact) mass is 337 g/mol. The molecule has 0 amide bonds. The van der Waals surface area contributed by atoms with E-state index in [4.69, 9.17) is 0 Å². The molecule has 24 heavy (non-hydrogen) atoms. The number of hydrogen-bond acceptors (Lipinski definition) is 2. The summed E-state index contributed by atoms with van der Waals surface area (Å²) in [6, 6.07) is 17.7. The van der Waals surface area contributed by atoms with Crippen molar-refractivity contribution in [3.05, 3.63) is 59.7 Å². The van der Waals surface area contributed by atoms with Crippen molar-refractivity contribution >= 4 is 32.1 Å². The average Bonchev–Trinajstić information content (AvgIpc) is 2.87. The number of benzene rings is 2.